The standard InChI is InChI=1S/C4H9O4P/c1-3-9(2,7)8-4(5)6/h3H2,1-2H3,(H,5,6). The molecule has 0 saturated carbocycles. The smallest absolute Gasteiger partial charge is 0.450 e. The molecule has 0 aromatic rings. The van der Waals surface area contributed by atoms with E-state index in [2.05, 4.69) is 4.52 Å². The summed E-state index contributed by atoms with van der Waals surface area (Å²) in [4.78, 5) is 9.78. The molecule has 1 atom stereocenters. The predicted octanol–water partition coefficient (Wildman–Crippen LogP) is 1.61. The van der Waals surface area contributed by atoms with Gasteiger partial charge in [-0.05, 0) is 0 Å². The largest absolute Gasteiger partial charge is 0.510 e. The third-order valence-electron chi connectivity index (χ3n) is 0.846. The number of carboxylic acid groups (broad SMARTS) is 1. The van der Waals surface area contributed by atoms with Crippen LogP contribution in [0.3, 0.4) is 0 Å². The lowest BCUT2D eigenvalue weighted by Crippen LogP contribution is -1.98. The van der Waals surface area contributed by atoms with Crippen molar-refractivity contribution >= 4 is 13.5 Å². The Morgan fingerprint density at radius 1 is 1.78 bits per heavy atom. The Hall–Kier alpha value is -0.500. The van der Waals surface area contributed by atoms with Crippen molar-refractivity contribution in [3.8, 4) is 0 Å². The molecular weight excluding hydrogens is 143 g/mol. The molecule has 0 aromatic carbocycles. The minimum absolute atomic E-state index is 0.249. The first-order valence-electron chi connectivity index (χ1n) is 2.47. The fraction of sp³-hybridized carbons (Fsp3) is 0.750. The van der Waals surface area contributed by atoms with Crippen molar-refractivity contribution in [1.82, 2.24) is 0 Å². The summed E-state index contributed by atoms with van der Waals surface area (Å²) in [7, 11) is -2.83. The molecule has 0 fully saturated rings. The highest BCUT2D eigenvalue weighted by Gasteiger charge is 2.16. The summed E-state index contributed by atoms with van der Waals surface area (Å²) >= 11 is 0. The topological polar surface area (TPSA) is 63.6 Å². The van der Waals surface area contributed by atoms with E-state index in [1.807, 2.05) is 0 Å². The molecule has 0 saturated heterocycles. The maximum Gasteiger partial charge on any atom is 0.510 e. The van der Waals surface area contributed by atoms with Crippen LogP contribution in [0.4, 0.5) is 4.79 Å². The van der Waals surface area contributed by atoms with Gasteiger partial charge >= 0.3 is 6.16 Å². The van der Waals surface area contributed by atoms with Crippen LogP contribution < -0.4 is 0 Å². The van der Waals surface area contributed by atoms with E-state index < -0.39 is 13.5 Å². The van der Waals surface area contributed by atoms with Gasteiger partial charge in [0.1, 0.15) is 0 Å². The molecule has 0 aromatic heterocycles. The molecule has 54 valence electrons. The Kier molecular flexibility index (Phi) is 2.71. The van der Waals surface area contributed by atoms with Crippen LogP contribution in [0.5, 0.6) is 0 Å². The Morgan fingerprint density at radius 2 is 2.22 bits per heavy atom. The van der Waals surface area contributed by atoms with E-state index in [0.29, 0.717) is 0 Å². The van der Waals surface area contributed by atoms with Crippen LogP contribution in [0, 0.1) is 0 Å². The Labute approximate surface area is 53.3 Å². The van der Waals surface area contributed by atoms with Gasteiger partial charge in [-0.15, -0.1) is 0 Å². The summed E-state index contributed by atoms with van der Waals surface area (Å²) in [5, 5.41) is 7.99. The number of hydrogen-bond acceptors (Lipinski definition) is 3. The monoisotopic (exact) mass is 152 g/mol. The fourth-order valence-corrected chi connectivity index (χ4v) is 0.689. The van der Waals surface area contributed by atoms with Gasteiger partial charge in [-0.25, -0.2) is 4.79 Å². The molecule has 0 bridgehead atoms. The van der Waals surface area contributed by atoms with Crippen molar-refractivity contribution in [3.63, 3.8) is 0 Å². The first-order chi connectivity index (χ1) is 3.98. The Balaban J connectivity index is 3.88. The van der Waals surface area contributed by atoms with Gasteiger partial charge in [0, 0.05) is 12.8 Å². The van der Waals surface area contributed by atoms with E-state index in [1.165, 1.54) is 6.66 Å². The predicted molar refractivity (Wildman–Crippen MR) is 33.2 cm³/mol. The lowest BCUT2D eigenvalue weighted by molar-refractivity contribution is 0.146. The van der Waals surface area contributed by atoms with Crippen LogP contribution in [-0.4, -0.2) is 24.1 Å². The summed E-state index contributed by atoms with van der Waals surface area (Å²) in [5.74, 6) is 0. The molecule has 4 nitrogen and oxygen atoms in total. The molecule has 0 rings (SSSR count). The maximum absolute atomic E-state index is 10.8. The van der Waals surface area contributed by atoms with Crippen molar-refractivity contribution in [2.45, 2.75) is 6.92 Å². The second-order valence-electron chi connectivity index (χ2n) is 1.69. The molecule has 0 spiro atoms. The van der Waals surface area contributed by atoms with Gasteiger partial charge in [0.15, 0.2) is 0 Å². The molecule has 0 heterocycles. The van der Waals surface area contributed by atoms with E-state index in [0.717, 1.165) is 0 Å². The molecule has 1 unspecified atom stereocenters. The van der Waals surface area contributed by atoms with Crippen LogP contribution in [-0.2, 0) is 9.09 Å². The zero-order valence-corrected chi connectivity index (χ0v) is 6.22. The van der Waals surface area contributed by atoms with Gasteiger partial charge in [-0.3, -0.25) is 4.57 Å². The van der Waals surface area contributed by atoms with Crippen LogP contribution in [0.2, 0.25) is 0 Å². The van der Waals surface area contributed by atoms with E-state index in [9.17, 15) is 9.36 Å². The quantitative estimate of drug-likeness (QED) is 0.610. The van der Waals surface area contributed by atoms with E-state index in [-0.39, 0.29) is 6.16 Å². The van der Waals surface area contributed by atoms with Crippen molar-refractivity contribution in [1.29, 1.82) is 0 Å². The van der Waals surface area contributed by atoms with E-state index in [4.69, 9.17) is 5.11 Å². The minimum atomic E-state index is -2.83. The van der Waals surface area contributed by atoms with Gasteiger partial charge < -0.3 is 9.63 Å². The second-order valence-corrected chi connectivity index (χ2v) is 4.53. The molecule has 9 heavy (non-hydrogen) atoms. The zero-order chi connectivity index (χ0) is 7.49. The Bertz CT molecular complexity index is 153. The van der Waals surface area contributed by atoms with Crippen molar-refractivity contribution < 1.29 is 19.0 Å². The third-order valence-corrected chi connectivity index (χ3v) is 2.54. The van der Waals surface area contributed by atoms with Crippen LogP contribution in [0.25, 0.3) is 0 Å². The van der Waals surface area contributed by atoms with Crippen molar-refractivity contribution in [3.05, 3.63) is 0 Å². The first-order valence-corrected chi connectivity index (χ1v) is 4.72. The third kappa shape index (κ3) is 4.03. The number of rotatable bonds is 2. The number of carbonyl (C=O) groups is 1. The molecule has 5 heteroatoms. The summed E-state index contributed by atoms with van der Waals surface area (Å²) in [5.41, 5.74) is 0. The van der Waals surface area contributed by atoms with Gasteiger partial charge in [0.05, 0.1) is 0 Å². The second kappa shape index (κ2) is 2.87. The minimum Gasteiger partial charge on any atom is -0.450 e. The molecule has 0 aliphatic heterocycles. The number of hydrogen-bond donors (Lipinski definition) is 1. The summed E-state index contributed by atoms with van der Waals surface area (Å²) in [6, 6.07) is 0. The highest BCUT2D eigenvalue weighted by molar-refractivity contribution is 7.58. The summed E-state index contributed by atoms with van der Waals surface area (Å²) in [6.07, 6.45) is -1.22. The van der Waals surface area contributed by atoms with Crippen LogP contribution in [0.15, 0.2) is 0 Å². The summed E-state index contributed by atoms with van der Waals surface area (Å²) < 4.78 is 14.8. The fourth-order valence-electron chi connectivity index (χ4n) is 0.230. The molecule has 0 aliphatic rings. The normalized spacial score (nSPS) is 16.2. The van der Waals surface area contributed by atoms with Crippen LogP contribution in [0.1, 0.15) is 6.92 Å². The SMILES string of the molecule is CCP(C)(=O)OC(=O)O. The lowest BCUT2D eigenvalue weighted by atomic mass is 11.0. The lowest BCUT2D eigenvalue weighted by Gasteiger charge is -2.06. The van der Waals surface area contributed by atoms with Crippen molar-refractivity contribution in [2.24, 2.45) is 0 Å². The average Bonchev–Trinajstić information content (AvgIpc) is 1.63. The van der Waals surface area contributed by atoms with Gasteiger partial charge in [-0.2, -0.15) is 0 Å². The molecule has 0 amide bonds. The summed E-state index contributed by atoms with van der Waals surface area (Å²) in [6.45, 7) is 2.91. The highest BCUT2D eigenvalue weighted by Crippen LogP contribution is 2.41. The average molecular weight is 152 g/mol. The van der Waals surface area contributed by atoms with Gasteiger partial charge in [0.2, 0.25) is 0 Å². The molecule has 0 aliphatic carbocycles. The van der Waals surface area contributed by atoms with Crippen molar-refractivity contribution in [2.75, 3.05) is 12.8 Å². The molecular formula is C4H9O4P. The highest BCUT2D eigenvalue weighted by atomic mass is 31.2. The Morgan fingerprint density at radius 3 is 2.33 bits per heavy atom. The first kappa shape index (κ1) is 8.50. The van der Waals surface area contributed by atoms with Gasteiger partial charge in [-0.1, -0.05) is 6.92 Å². The van der Waals surface area contributed by atoms with Gasteiger partial charge in [0.25, 0.3) is 7.37 Å². The van der Waals surface area contributed by atoms with E-state index >= 15 is 0 Å². The maximum atomic E-state index is 10.8. The zero-order valence-electron chi connectivity index (χ0n) is 5.33. The van der Waals surface area contributed by atoms with Crippen LogP contribution >= 0.6 is 7.37 Å². The van der Waals surface area contributed by atoms with E-state index in [1.54, 1.807) is 6.92 Å². The molecule has 0 radical (unpaired) electrons. The molecule has 1 N–H and O–H groups in total.